The second-order valence-electron chi connectivity index (χ2n) is 6.72. The number of hydrogen-bond acceptors (Lipinski definition) is 5. The van der Waals surface area contributed by atoms with Crippen LogP contribution in [0.15, 0.2) is 60.7 Å². The fraction of sp³-hybridized carbons (Fsp3) is 0.318. The van der Waals surface area contributed by atoms with Gasteiger partial charge in [0.15, 0.2) is 0 Å². The van der Waals surface area contributed by atoms with Crippen molar-refractivity contribution < 1.29 is 23.9 Å². The van der Waals surface area contributed by atoms with Gasteiger partial charge < -0.3 is 25.0 Å². The molecule has 1 atom stereocenters. The number of carbonyl (C=O) groups excluding carboxylic acids is 3. The maximum atomic E-state index is 12.9. The molecule has 2 aromatic carbocycles. The first-order valence-corrected chi connectivity index (χ1v) is 9.84. The summed E-state index contributed by atoms with van der Waals surface area (Å²) in [6.07, 6.45) is -1.07. The second-order valence-corrected chi connectivity index (χ2v) is 6.72. The predicted molar refractivity (Wildman–Crippen MR) is 111 cm³/mol. The van der Waals surface area contributed by atoms with Gasteiger partial charge in [-0.05, 0) is 12.1 Å². The second kappa shape index (κ2) is 11.0. The lowest BCUT2D eigenvalue weighted by Gasteiger charge is -2.30. The van der Waals surface area contributed by atoms with Gasteiger partial charge in [0.25, 0.3) is 5.91 Å². The number of benzene rings is 2. The minimum atomic E-state index is -1.02. The first-order valence-electron chi connectivity index (χ1n) is 9.84. The van der Waals surface area contributed by atoms with Gasteiger partial charge in [0.2, 0.25) is 6.10 Å². The summed E-state index contributed by atoms with van der Waals surface area (Å²) < 4.78 is 10.8. The van der Waals surface area contributed by atoms with Crippen molar-refractivity contribution in [3.8, 4) is 0 Å². The van der Waals surface area contributed by atoms with E-state index in [0.717, 1.165) is 0 Å². The molecule has 0 radical (unpaired) electrons. The molecule has 0 saturated carbocycles. The Labute approximate surface area is 175 Å². The molecule has 2 N–H and O–H groups in total. The molecule has 158 valence electrons. The summed E-state index contributed by atoms with van der Waals surface area (Å²) in [5, 5.41) is 5.27. The van der Waals surface area contributed by atoms with E-state index in [4.69, 9.17) is 9.47 Å². The Balaban J connectivity index is 1.52. The molecule has 3 amide bonds. The zero-order valence-electron chi connectivity index (χ0n) is 16.6. The molecule has 1 aliphatic heterocycles. The molecule has 2 aromatic rings. The van der Waals surface area contributed by atoms with Crippen molar-refractivity contribution in [2.75, 3.05) is 38.2 Å². The molecule has 0 aromatic heterocycles. The molecule has 0 unspecified atom stereocenters. The van der Waals surface area contributed by atoms with Crippen LogP contribution in [-0.2, 0) is 19.1 Å². The summed E-state index contributed by atoms with van der Waals surface area (Å²) in [5.74, 6) is -0.835. The Morgan fingerprint density at radius 3 is 2.27 bits per heavy atom. The molecule has 1 aliphatic rings. The fourth-order valence-electron chi connectivity index (χ4n) is 3.00. The third-order valence-corrected chi connectivity index (χ3v) is 4.55. The monoisotopic (exact) mass is 411 g/mol. The molecule has 1 saturated heterocycles. The lowest BCUT2D eigenvalue weighted by Crippen LogP contribution is -2.44. The molecule has 0 spiro atoms. The topological polar surface area (TPSA) is 97.0 Å². The van der Waals surface area contributed by atoms with Crippen molar-refractivity contribution in [3.05, 3.63) is 66.2 Å². The molecular weight excluding hydrogens is 386 g/mol. The molecule has 8 heteroatoms. The quantitative estimate of drug-likeness (QED) is 0.682. The van der Waals surface area contributed by atoms with E-state index in [0.29, 0.717) is 37.6 Å². The number of hydrogen-bond donors (Lipinski definition) is 2. The van der Waals surface area contributed by atoms with Crippen molar-refractivity contribution in [2.24, 2.45) is 0 Å². The van der Waals surface area contributed by atoms with Crippen LogP contribution in [-0.4, -0.2) is 55.7 Å². The van der Waals surface area contributed by atoms with E-state index in [9.17, 15) is 14.4 Å². The average molecular weight is 411 g/mol. The largest absolute Gasteiger partial charge is 0.447 e. The van der Waals surface area contributed by atoms with Crippen molar-refractivity contribution >= 4 is 23.6 Å². The highest BCUT2D eigenvalue weighted by molar-refractivity contribution is 5.89. The predicted octanol–water partition coefficient (Wildman–Crippen LogP) is 2.34. The number of urea groups is 1. The van der Waals surface area contributed by atoms with Crippen LogP contribution in [0.3, 0.4) is 0 Å². The number of nitrogens with zero attached hydrogens (tertiary/aromatic N) is 1. The van der Waals surface area contributed by atoms with E-state index >= 15 is 0 Å². The van der Waals surface area contributed by atoms with E-state index in [2.05, 4.69) is 10.6 Å². The van der Waals surface area contributed by atoms with Crippen molar-refractivity contribution in [2.45, 2.75) is 12.5 Å². The number of morpholine rings is 1. The van der Waals surface area contributed by atoms with Crippen LogP contribution in [0, 0.1) is 0 Å². The van der Waals surface area contributed by atoms with Crippen LogP contribution in [0.1, 0.15) is 18.1 Å². The van der Waals surface area contributed by atoms with E-state index in [-0.39, 0.29) is 18.9 Å². The van der Waals surface area contributed by atoms with Crippen molar-refractivity contribution in [1.29, 1.82) is 0 Å². The first kappa shape index (κ1) is 21.3. The highest BCUT2D eigenvalue weighted by Gasteiger charge is 2.30. The average Bonchev–Trinajstić information content (AvgIpc) is 2.79. The first-order chi connectivity index (χ1) is 14.6. The van der Waals surface area contributed by atoms with Crippen LogP contribution >= 0.6 is 0 Å². The third kappa shape index (κ3) is 6.31. The third-order valence-electron chi connectivity index (χ3n) is 4.55. The Bertz CT molecular complexity index is 838. The minimum absolute atomic E-state index is 0.0536. The number of rotatable bonds is 7. The summed E-state index contributed by atoms with van der Waals surface area (Å²) in [5.41, 5.74) is 1.26. The molecule has 30 heavy (non-hydrogen) atoms. The number of amides is 3. The van der Waals surface area contributed by atoms with Crippen LogP contribution in [0.5, 0.6) is 0 Å². The zero-order valence-corrected chi connectivity index (χ0v) is 16.6. The van der Waals surface area contributed by atoms with Crippen LogP contribution in [0.2, 0.25) is 0 Å². The standard InChI is InChI=1S/C22H25N3O5/c26-19(11-12-23-22(28)24-18-9-5-2-6-10-18)30-20(17-7-3-1-4-8-17)21(27)25-13-15-29-16-14-25/h1-10,20H,11-16H2,(H2,23,24,28)/t20-/m0/s1. The molecule has 8 nitrogen and oxygen atoms in total. The Morgan fingerprint density at radius 2 is 1.60 bits per heavy atom. The Kier molecular flexibility index (Phi) is 7.79. The maximum Gasteiger partial charge on any atom is 0.319 e. The van der Waals surface area contributed by atoms with Gasteiger partial charge in [-0.3, -0.25) is 9.59 Å². The molecular formula is C22H25N3O5. The van der Waals surface area contributed by atoms with Gasteiger partial charge >= 0.3 is 12.0 Å². The minimum Gasteiger partial charge on any atom is -0.447 e. The highest BCUT2D eigenvalue weighted by Crippen LogP contribution is 2.21. The molecule has 0 aliphatic carbocycles. The van der Waals surface area contributed by atoms with Crippen molar-refractivity contribution in [1.82, 2.24) is 10.2 Å². The number of ether oxygens (including phenoxy) is 2. The smallest absolute Gasteiger partial charge is 0.319 e. The summed E-state index contributed by atoms with van der Waals surface area (Å²) >= 11 is 0. The van der Waals surface area contributed by atoms with Crippen LogP contribution < -0.4 is 10.6 Å². The maximum absolute atomic E-state index is 12.9. The van der Waals surface area contributed by atoms with Crippen LogP contribution in [0.4, 0.5) is 10.5 Å². The SMILES string of the molecule is O=C(NCCC(=O)O[C@H](C(=O)N1CCOCC1)c1ccccc1)Nc1ccccc1. The van der Waals surface area contributed by atoms with E-state index < -0.39 is 18.1 Å². The summed E-state index contributed by atoms with van der Waals surface area (Å²) in [4.78, 5) is 38.8. The van der Waals surface area contributed by atoms with Gasteiger partial charge in [0, 0.05) is 30.9 Å². The number of carbonyl (C=O) groups is 3. The molecule has 3 rings (SSSR count). The highest BCUT2D eigenvalue weighted by atomic mass is 16.5. The Morgan fingerprint density at radius 1 is 0.967 bits per heavy atom. The van der Waals surface area contributed by atoms with Gasteiger partial charge in [-0.25, -0.2) is 4.79 Å². The van der Waals surface area contributed by atoms with Gasteiger partial charge in [-0.15, -0.1) is 0 Å². The number of para-hydroxylation sites is 1. The number of anilines is 1. The van der Waals surface area contributed by atoms with Crippen LogP contribution in [0.25, 0.3) is 0 Å². The Hall–Kier alpha value is -3.39. The normalized spacial score (nSPS) is 14.5. The van der Waals surface area contributed by atoms with Gasteiger partial charge in [0.05, 0.1) is 19.6 Å². The van der Waals surface area contributed by atoms with E-state index in [1.54, 1.807) is 41.3 Å². The van der Waals surface area contributed by atoms with E-state index in [1.807, 2.05) is 24.3 Å². The zero-order chi connectivity index (χ0) is 21.2. The lowest BCUT2D eigenvalue weighted by atomic mass is 10.1. The van der Waals surface area contributed by atoms with Gasteiger partial charge in [-0.2, -0.15) is 0 Å². The van der Waals surface area contributed by atoms with Gasteiger partial charge in [0.1, 0.15) is 0 Å². The number of nitrogens with one attached hydrogen (secondary N) is 2. The summed E-state index contributed by atoms with van der Waals surface area (Å²) in [6.45, 7) is 1.93. The van der Waals surface area contributed by atoms with Crippen molar-refractivity contribution in [3.63, 3.8) is 0 Å². The molecule has 1 fully saturated rings. The summed E-state index contributed by atoms with van der Waals surface area (Å²) in [6, 6.07) is 17.5. The van der Waals surface area contributed by atoms with E-state index in [1.165, 1.54) is 0 Å². The summed E-state index contributed by atoms with van der Waals surface area (Å²) in [7, 11) is 0. The molecule has 1 heterocycles. The fourth-order valence-corrected chi connectivity index (χ4v) is 3.00. The molecule has 0 bridgehead atoms. The number of esters is 1. The van der Waals surface area contributed by atoms with Gasteiger partial charge in [-0.1, -0.05) is 48.5 Å². The lowest BCUT2D eigenvalue weighted by molar-refractivity contribution is -0.162.